The predicted octanol–water partition coefficient (Wildman–Crippen LogP) is 2.36. The van der Waals surface area contributed by atoms with Gasteiger partial charge in [-0.25, -0.2) is 0 Å². The smallest absolute Gasteiger partial charge is 0.255 e. The molecule has 1 unspecified atom stereocenters. The first-order chi connectivity index (χ1) is 17.5. The number of terminal acetylenes is 1. The van der Waals surface area contributed by atoms with Gasteiger partial charge in [-0.05, 0) is 81.3 Å². The zero-order valence-electron chi connectivity index (χ0n) is 20.6. The number of hydrogen-bond acceptors (Lipinski definition) is 5. The largest absolute Gasteiger partial charge is 0.322 e. The van der Waals surface area contributed by atoms with Crippen molar-refractivity contribution >= 4 is 17.7 Å². The van der Waals surface area contributed by atoms with Crippen LogP contribution in [-0.4, -0.2) is 63.0 Å². The number of rotatable bonds is 8. The summed E-state index contributed by atoms with van der Waals surface area (Å²) in [5.74, 6) is 2.49. The molecule has 3 amide bonds. The highest BCUT2D eigenvalue weighted by atomic mass is 16.2. The molecule has 1 aromatic heterocycles. The maximum atomic E-state index is 13.1. The second-order valence-electron chi connectivity index (χ2n) is 10.2. The third-order valence-electron chi connectivity index (χ3n) is 7.81. The second kappa shape index (κ2) is 10.7. The fraction of sp³-hybridized carbons (Fsp3) is 0.500. The van der Waals surface area contributed by atoms with E-state index < -0.39 is 6.04 Å². The predicted molar refractivity (Wildman–Crippen MR) is 135 cm³/mol. The monoisotopic (exact) mass is 487 g/mol. The van der Waals surface area contributed by atoms with Crippen LogP contribution >= 0.6 is 0 Å². The molecule has 0 spiro atoms. The first kappa shape index (κ1) is 24.3. The number of fused-ring (bicyclic) bond motifs is 1. The highest BCUT2D eigenvalue weighted by Gasteiger charge is 2.39. The van der Waals surface area contributed by atoms with E-state index in [9.17, 15) is 14.4 Å². The molecule has 4 heterocycles. The molecular formula is C28H33N5O3. The van der Waals surface area contributed by atoms with Gasteiger partial charge >= 0.3 is 0 Å². The van der Waals surface area contributed by atoms with Gasteiger partial charge < -0.3 is 9.80 Å². The Kier molecular flexibility index (Phi) is 7.19. The summed E-state index contributed by atoms with van der Waals surface area (Å²) in [6.45, 7) is 4.65. The molecule has 0 radical (unpaired) electrons. The minimum atomic E-state index is -0.564. The Hall–Kier alpha value is -3.44. The number of aromatic nitrogens is 2. The number of benzene rings is 1. The topological polar surface area (TPSA) is 87.5 Å². The van der Waals surface area contributed by atoms with E-state index in [1.165, 1.54) is 5.56 Å². The Bertz CT molecular complexity index is 1190. The Morgan fingerprint density at radius 3 is 2.64 bits per heavy atom. The SMILES string of the molecule is C#Cc1cnn(CCCCN2CCC(Cc3cccc4c3CN(C3CCC(=O)NC3=O)C4=O)CC2)c1. The summed E-state index contributed by atoms with van der Waals surface area (Å²) in [5.41, 5.74) is 3.82. The Morgan fingerprint density at radius 2 is 1.89 bits per heavy atom. The van der Waals surface area contributed by atoms with Crippen molar-refractivity contribution < 1.29 is 14.4 Å². The lowest BCUT2D eigenvalue weighted by Crippen LogP contribution is -2.52. The zero-order valence-corrected chi connectivity index (χ0v) is 20.6. The van der Waals surface area contributed by atoms with Gasteiger partial charge in [-0.3, -0.25) is 24.4 Å². The van der Waals surface area contributed by atoms with Crippen LogP contribution in [0.25, 0.3) is 0 Å². The van der Waals surface area contributed by atoms with E-state index >= 15 is 0 Å². The number of nitrogens with one attached hydrogen (secondary N) is 1. The Balaban J connectivity index is 1.10. The van der Waals surface area contributed by atoms with E-state index in [1.807, 2.05) is 23.0 Å². The zero-order chi connectivity index (χ0) is 25.1. The molecule has 8 heteroatoms. The maximum absolute atomic E-state index is 13.1. The summed E-state index contributed by atoms with van der Waals surface area (Å²) >= 11 is 0. The number of amides is 3. The summed E-state index contributed by atoms with van der Waals surface area (Å²) < 4.78 is 1.92. The summed E-state index contributed by atoms with van der Waals surface area (Å²) in [4.78, 5) is 41.2. The van der Waals surface area contributed by atoms with Crippen LogP contribution in [0, 0.1) is 18.3 Å². The highest BCUT2D eigenvalue weighted by Crippen LogP contribution is 2.32. The number of nitrogens with zero attached hydrogens (tertiary/aromatic N) is 4. The van der Waals surface area contributed by atoms with Crippen LogP contribution in [0.15, 0.2) is 30.6 Å². The van der Waals surface area contributed by atoms with Gasteiger partial charge in [0.2, 0.25) is 11.8 Å². The lowest BCUT2D eigenvalue weighted by Gasteiger charge is -2.32. The molecule has 0 aliphatic carbocycles. The molecule has 36 heavy (non-hydrogen) atoms. The molecule has 1 aromatic carbocycles. The number of piperidine rings is 2. The van der Waals surface area contributed by atoms with Crippen molar-refractivity contribution in [3.8, 4) is 12.3 Å². The number of unbranched alkanes of at least 4 members (excludes halogenated alkanes) is 1. The molecule has 2 saturated heterocycles. The molecule has 2 fully saturated rings. The number of aryl methyl sites for hydroxylation is 1. The lowest BCUT2D eigenvalue weighted by atomic mass is 9.87. The molecule has 3 aliphatic rings. The van der Waals surface area contributed by atoms with Crippen LogP contribution in [0.3, 0.4) is 0 Å². The molecule has 1 N–H and O–H groups in total. The molecular weight excluding hydrogens is 454 g/mol. The first-order valence-corrected chi connectivity index (χ1v) is 13.0. The van der Waals surface area contributed by atoms with Crippen LogP contribution in [0.4, 0.5) is 0 Å². The summed E-state index contributed by atoms with van der Waals surface area (Å²) in [7, 11) is 0. The Morgan fingerprint density at radius 1 is 1.08 bits per heavy atom. The molecule has 1 atom stereocenters. The van der Waals surface area contributed by atoms with E-state index in [1.54, 1.807) is 11.1 Å². The minimum Gasteiger partial charge on any atom is -0.322 e. The average Bonchev–Trinajstić information content (AvgIpc) is 3.48. The third-order valence-corrected chi connectivity index (χ3v) is 7.81. The number of hydrogen-bond donors (Lipinski definition) is 1. The quantitative estimate of drug-likeness (QED) is 0.351. The van der Waals surface area contributed by atoms with Gasteiger partial charge in [-0.15, -0.1) is 6.42 Å². The van der Waals surface area contributed by atoms with Crippen LogP contribution in [0.1, 0.15) is 65.6 Å². The van der Waals surface area contributed by atoms with Crippen molar-refractivity contribution in [2.24, 2.45) is 5.92 Å². The van der Waals surface area contributed by atoms with Gasteiger partial charge in [0.15, 0.2) is 0 Å². The van der Waals surface area contributed by atoms with E-state index in [0.717, 1.165) is 69.4 Å². The molecule has 2 aromatic rings. The van der Waals surface area contributed by atoms with Crippen LogP contribution in [0.2, 0.25) is 0 Å². The summed E-state index contributed by atoms with van der Waals surface area (Å²) in [6.07, 6.45) is 15.2. The van der Waals surface area contributed by atoms with Crippen LogP contribution in [0.5, 0.6) is 0 Å². The fourth-order valence-corrected chi connectivity index (χ4v) is 5.74. The molecule has 0 saturated carbocycles. The van der Waals surface area contributed by atoms with Gasteiger partial charge in [0.25, 0.3) is 5.91 Å². The van der Waals surface area contributed by atoms with E-state index in [2.05, 4.69) is 27.3 Å². The molecule has 5 rings (SSSR count). The van der Waals surface area contributed by atoms with Crippen molar-refractivity contribution in [2.75, 3.05) is 19.6 Å². The van der Waals surface area contributed by atoms with Crippen molar-refractivity contribution in [1.29, 1.82) is 0 Å². The van der Waals surface area contributed by atoms with Gasteiger partial charge in [0.05, 0.1) is 11.8 Å². The Labute approximate surface area is 212 Å². The average molecular weight is 488 g/mol. The minimum absolute atomic E-state index is 0.0956. The number of likely N-dealkylation sites (tertiary alicyclic amines) is 1. The third kappa shape index (κ3) is 5.21. The summed E-state index contributed by atoms with van der Waals surface area (Å²) in [5, 5.41) is 6.67. The molecule has 0 bridgehead atoms. The van der Waals surface area contributed by atoms with Gasteiger partial charge in [0, 0.05) is 31.3 Å². The second-order valence-corrected chi connectivity index (χ2v) is 10.2. The van der Waals surface area contributed by atoms with Crippen molar-refractivity contribution in [3.05, 3.63) is 52.8 Å². The first-order valence-electron chi connectivity index (χ1n) is 13.0. The van der Waals surface area contributed by atoms with E-state index in [4.69, 9.17) is 6.42 Å². The fourth-order valence-electron chi connectivity index (χ4n) is 5.74. The molecule has 8 nitrogen and oxygen atoms in total. The number of carbonyl (C=O) groups excluding carboxylic acids is 3. The van der Waals surface area contributed by atoms with Gasteiger partial charge in [0.1, 0.15) is 6.04 Å². The molecule has 3 aliphatic heterocycles. The maximum Gasteiger partial charge on any atom is 0.255 e. The molecule has 188 valence electrons. The van der Waals surface area contributed by atoms with Gasteiger partial charge in [-0.1, -0.05) is 18.1 Å². The standard InChI is InChI=1S/C28H33N5O3/c1-2-20-17-29-32(18-20)13-4-3-12-31-14-10-21(11-15-31)16-22-6-5-7-23-24(22)19-33(28(23)36)25-8-9-26(34)30-27(25)35/h1,5-7,17-18,21,25H,3-4,8-16,19H2,(H,30,34,35). The van der Waals surface area contributed by atoms with Crippen molar-refractivity contribution in [3.63, 3.8) is 0 Å². The van der Waals surface area contributed by atoms with Crippen molar-refractivity contribution in [1.82, 2.24) is 24.9 Å². The van der Waals surface area contributed by atoms with E-state index in [0.29, 0.717) is 24.4 Å². The highest BCUT2D eigenvalue weighted by molar-refractivity contribution is 6.05. The number of carbonyl (C=O) groups is 3. The number of imide groups is 1. The van der Waals surface area contributed by atoms with Gasteiger partial charge in [-0.2, -0.15) is 5.10 Å². The van der Waals surface area contributed by atoms with E-state index in [-0.39, 0.29) is 24.1 Å². The lowest BCUT2D eigenvalue weighted by molar-refractivity contribution is -0.136. The normalized spacial score (nSPS) is 20.9. The summed E-state index contributed by atoms with van der Waals surface area (Å²) in [6, 6.07) is 5.40. The van der Waals surface area contributed by atoms with Crippen LogP contribution < -0.4 is 5.32 Å². The van der Waals surface area contributed by atoms with Crippen molar-refractivity contribution in [2.45, 2.75) is 64.1 Å². The van der Waals surface area contributed by atoms with Crippen LogP contribution in [-0.2, 0) is 29.1 Å².